The first kappa shape index (κ1) is 22.1. The van der Waals surface area contributed by atoms with E-state index in [1.165, 1.54) is 6.07 Å². The summed E-state index contributed by atoms with van der Waals surface area (Å²) in [6, 6.07) is 10.7. The van der Waals surface area contributed by atoms with Gasteiger partial charge in [-0.1, -0.05) is 41.4 Å². The van der Waals surface area contributed by atoms with Crippen LogP contribution in [0, 0.1) is 13.8 Å². The third kappa shape index (κ3) is 6.73. The van der Waals surface area contributed by atoms with E-state index >= 15 is 0 Å². The van der Waals surface area contributed by atoms with Crippen LogP contribution in [-0.2, 0) is 4.79 Å². The lowest BCUT2D eigenvalue weighted by Crippen LogP contribution is -2.34. The molecule has 0 unspecified atom stereocenters. The molecule has 2 N–H and O–H groups in total. The Kier molecular flexibility index (Phi) is 8.61. The Morgan fingerprint density at radius 2 is 1.68 bits per heavy atom. The average Bonchev–Trinajstić information content (AvgIpc) is 2.66. The van der Waals surface area contributed by atoms with Gasteiger partial charge in [-0.05, 0) is 49.6 Å². The second-order valence-electron chi connectivity index (χ2n) is 6.40. The summed E-state index contributed by atoms with van der Waals surface area (Å²) in [4.78, 5) is 24.0. The molecule has 2 aromatic carbocycles. The molecule has 0 bridgehead atoms. The Bertz CT molecular complexity index is 820. The molecule has 0 radical (unpaired) electrons. The van der Waals surface area contributed by atoms with E-state index in [1.807, 2.05) is 32.0 Å². The van der Waals surface area contributed by atoms with Crippen molar-refractivity contribution in [3.05, 3.63) is 63.1 Å². The quantitative estimate of drug-likeness (QED) is 0.591. The van der Waals surface area contributed by atoms with E-state index < -0.39 is 0 Å². The van der Waals surface area contributed by atoms with Crippen LogP contribution in [0.25, 0.3) is 0 Å². The maximum Gasteiger partial charge on any atom is 0.252 e. The average molecular weight is 423 g/mol. The summed E-state index contributed by atoms with van der Waals surface area (Å²) < 4.78 is 5.78. The number of ether oxygens (including phenoxy) is 1. The summed E-state index contributed by atoms with van der Waals surface area (Å²) in [5.41, 5.74) is 2.48. The number of para-hydroxylation sites is 1. The van der Waals surface area contributed by atoms with Crippen molar-refractivity contribution in [2.45, 2.75) is 26.7 Å². The molecule has 0 aliphatic heterocycles. The zero-order valence-electron chi connectivity index (χ0n) is 16.0. The van der Waals surface area contributed by atoms with Crippen LogP contribution in [0.2, 0.25) is 10.0 Å². The van der Waals surface area contributed by atoms with Crippen molar-refractivity contribution >= 4 is 35.0 Å². The molecule has 2 rings (SSSR count). The van der Waals surface area contributed by atoms with Crippen LogP contribution in [0.1, 0.15) is 34.3 Å². The topological polar surface area (TPSA) is 67.4 Å². The van der Waals surface area contributed by atoms with Crippen LogP contribution < -0.4 is 15.4 Å². The van der Waals surface area contributed by atoms with Gasteiger partial charge in [0.1, 0.15) is 5.75 Å². The first-order chi connectivity index (χ1) is 13.4. The fourth-order valence-corrected chi connectivity index (χ4v) is 3.04. The van der Waals surface area contributed by atoms with Crippen molar-refractivity contribution < 1.29 is 14.3 Å². The van der Waals surface area contributed by atoms with Crippen molar-refractivity contribution in [1.82, 2.24) is 10.6 Å². The minimum atomic E-state index is -0.330. The summed E-state index contributed by atoms with van der Waals surface area (Å²) in [7, 11) is 0. The van der Waals surface area contributed by atoms with Crippen molar-refractivity contribution in [3.63, 3.8) is 0 Å². The van der Waals surface area contributed by atoms with Crippen LogP contribution in [0.15, 0.2) is 36.4 Å². The van der Waals surface area contributed by atoms with Gasteiger partial charge in [-0.2, -0.15) is 0 Å². The molecule has 0 fully saturated rings. The molecule has 0 aliphatic rings. The van der Waals surface area contributed by atoms with Crippen LogP contribution in [0.5, 0.6) is 5.75 Å². The Labute approximate surface area is 175 Å². The molecule has 0 atom stereocenters. The normalized spacial score (nSPS) is 10.4. The summed E-state index contributed by atoms with van der Waals surface area (Å²) in [6.07, 6.45) is 0.975. The number of aryl methyl sites for hydroxylation is 2. The Balaban J connectivity index is 1.62. The second kappa shape index (κ2) is 10.9. The van der Waals surface area contributed by atoms with E-state index in [9.17, 15) is 9.59 Å². The number of halogens is 2. The molecule has 7 heteroatoms. The van der Waals surface area contributed by atoms with Gasteiger partial charge in [0.25, 0.3) is 5.91 Å². The van der Waals surface area contributed by atoms with Gasteiger partial charge in [0.15, 0.2) is 0 Å². The summed E-state index contributed by atoms with van der Waals surface area (Å²) in [5.74, 6) is 0.467. The van der Waals surface area contributed by atoms with Crippen molar-refractivity contribution in [2.24, 2.45) is 0 Å². The smallest absolute Gasteiger partial charge is 0.252 e. The molecule has 0 spiro atoms. The highest BCUT2D eigenvalue weighted by molar-refractivity contribution is 6.35. The molecule has 0 aliphatic carbocycles. The maximum atomic E-state index is 12.1. The van der Waals surface area contributed by atoms with E-state index in [4.69, 9.17) is 27.9 Å². The summed E-state index contributed by atoms with van der Waals surface area (Å²) in [5, 5.41) is 6.24. The molecule has 0 aromatic heterocycles. The second-order valence-corrected chi connectivity index (χ2v) is 7.25. The maximum absolute atomic E-state index is 12.1. The van der Waals surface area contributed by atoms with Gasteiger partial charge in [-0.25, -0.2) is 0 Å². The molecule has 0 heterocycles. The predicted octanol–water partition coefficient (Wildman–Crippen LogP) is 4.32. The molecule has 2 aromatic rings. The van der Waals surface area contributed by atoms with Gasteiger partial charge in [0, 0.05) is 24.5 Å². The highest BCUT2D eigenvalue weighted by Crippen LogP contribution is 2.22. The van der Waals surface area contributed by atoms with Crippen LogP contribution in [0.4, 0.5) is 0 Å². The molecule has 2 amide bonds. The van der Waals surface area contributed by atoms with Crippen molar-refractivity contribution in [3.8, 4) is 5.75 Å². The first-order valence-electron chi connectivity index (χ1n) is 9.07. The van der Waals surface area contributed by atoms with Crippen LogP contribution in [0.3, 0.4) is 0 Å². The number of hydrogen-bond donors (Lipinski definition) is 2. The lowest BCUT2D eigenvalue weighted by molar-refractivity contribution is -0.121. The Hall–Kier alpha value is -2.24. The number of carbonyl (C=O) groups is 2. The van der Waals surface area contributed by atoms with E-state index in [0.29, 0.717) is 48.1 Å². The van der Waals surface area contributed by atoms with Gasteiger partial charge in [0.2, 0.25) is 5.91 Å². The van der Waals surface area contributed by atoms with E-state index in [2.05, 4.69) is 10.6 Å². The summed E-state index contributed by atoms with van der Waals surface area (Å²) >= 11 is 11.9. The highest BCUT2D eigenvalue weighted by Gasteiger charge is 2.10. The van der Waals surface area contributed by atoms with E-state index in [1.54, 1.807) is 12.1 Å². The zero-order valence-corrected chi connectivity index (χ0v) is 17.5. The van der Waals surface area contributed by atoms with E-state index in [0.717, 1.165) is 16.9 Å². The molecule has 28 heavy (non-hydrogen) atoms. The molecule has 5 nitrogen and oxygen atoms in total. The van der Waals surface area contributed by atoms with Gasteiger partial charge in [-0.3, -0.25) is 9.59 Å². The predicted molar refractivity (Wildman–Crippen MR) is 112 cm³/mol. The van der Waals surface area contributed by atoms with Crippen LogP contribution in [-0.4, -0.2) is 31.5 Å². The van der Waals surface area contributed by atoms with Crippen LogP contribution >= 0.6 is 23.2 Å². The number of hydrogen-bond acceptors (Lipinski definition) is 3. The van der Waals surface area contributed by atoms with E-state index in [-0.39, 0.29) is 11.8 Å². The largest absolute Gasteiger partial charge is 0.493 e. The monoisotopic (exact) mass is 422 g/mol. The third-order valence-electron chi connectivity index (χ3n) is 4.11. The molecule has 0 saturated carbocycles. The molecule has 0 saturated heterocycles. The molecular weight excluding hydrogens is 399 g/mol. The lowest BCUT2D eigenvalue weighted by atomic mass is 10.1. The van der Waals surface area contributed by atoms with Gasteiger partial charge < -0.3 is 15.4 Å². The SMILES string of the molecule is Cc1cccc(C)c1OCCCC(=O)NCCNC(=O)c1cc(Cl)ccc1Cl. The lowest BCUT2D eigenvalue weighted by Gasteiger charge is -2.12. The van der Waals surface area contributed by atoms with Crippen molar-refractivity contribution in [2.75, 3.05) is 19.7 Å². The third-order valence-corrected chi connectivity index (χ3v) is 4.67. The number of amides is 2. The van der Waals surface area contributed by atoms with Gasteiger partial charge >= 0.3 is 0 Å². The van der Waals surface area contributed by atoms with Crippen molar-refractivity contribution in [1.29, 1.82) is 0 Å². The molecular formula is C21H24Cl2N2O3. The summed E-state index contributed by atoms with van der Waals surface area (Å²) in [6.45, 7) is 5.11. The first-order valence-corrected chi connectivity index (χ1v) is 9.83. The Morgan fingerprint density at radius 1 is 1.00 bits per heavy atom. The number of nitrogens with one attached hydrogen (secondary N) is 2. The fraction of sp³-hybridized carbons (Fsp3) is 0.333. The fourth-order valence-electron chi connectivity index (χ4n) is 2.67. The van der Waals surface area contributed by atoms with Gasteiger partial charge in [-0.15, -0.1) is 0 Å². The standard InChI is InChI=1S/C21H24Cl2N2O3/c1-14-5-3-6-15(2)20(14)28-12-4-7-19(26)24-10-11-25-21(27)17-13-16(22)8-9-18(17)23/h3,5-6,8-9,13H,4,7,10-12H2,1-2H3,(H,24,26)(H,25,27). The number of carbonyl (C=O) groups excluding carboxylic acids is 2. The highest BCUT2D eigenvalue weighted by atomic mass is 35.5. The zero-order chi connectivity index (χ0) is 20.5. The number of rotatable bonds is 9. The minimum Gasteiger partial charge on any atom is -0.493 e. The van der Waals surface area contributed by atoms with Gasteiger partial charge in [0.05, 0.1) is 17.2 Å². The Morgan fingerprint density at radius 3 is 2.39 bits per heavy atom. The minimum absolute atomic E-state index is 0.0832. The molecule has 150 valence electrons. The number of benzene rings is 2.